The summed E-state index contributed by atoms with van der Waals surface area (Å²) in [5.74, 6) is -4.28. The largest absolute Gasteiger partial charge is 0.502 e. The Labute approximate surface area is 235 Å². The summed E-state index contributed by atoms with van der Waals surface area (Å²) in [6, 6.07) is 2.84. The predicted octanol–water partition coefficient (Wildman–Crippen LogP) is 2.56. The van der Waals surface area contributed by atoms with Crippen LogP contribution in [-0.2, 0) is 24.9 Å². The van der Waals surface area contributed by atoms with E-state index in [-0.39, 0.29) is 44.6 Å². The summed E-state index contributed by atoms with van der Waals surface area (Å²) in [6.07, 6.45) is 1.94. The normalized spacial score (nSPS) is 19.9. The number of fused-ring (bicyclic) bond motifs is 1. The number of ether oxygens (including phenoxy) is 1. The number of amides is 2. The smallest absolute Gasteiger partial charge is 0.332 e. The molecular formula is C26H33F2N4O8P. The molecule has 4 rings (SSSR count). The minimum absolute atomic E-state index is 0.0266. The zero-order chi connectivity index (χ0) is 29.9. The minimum atomic E-state index is -3.58. The first-order valence-electron chi connectivity index (χ1n) is 13.2. The average molecular weight is 599 g/mol. The molecule has 1 fully saturated rings. The Morgan fingerprint density at radius 2 is 2.00 bits per heavy atom. The molecule has 0 saturated carbocycles. The third-order valence-corrected chi connectivity index (χ3v) is 9.09. The van der Waals surface area contributed by atoms with Crippen LogP contribution in [0.15, 0.2) is 29.2 Å². The minimum Gasteiger partial charge on any atom is -0.502 e. The topological polar surface area (TPSA) is 140 Å². The van der Waals surface area contributed by atoms with Crippen LogP contribution in [0, 0.1) is 11.6 Å². The molecule has 1 saturated heterocycles. The van der Waals surface area contributed by atoms with Gasteiger partial charge >= 0.3 is 7.60 Å². The molecule has 15 heteroatoms. The fourth-order valence-electron chi connectivity index (χ4n) is 4.94. The van der Waals surface area contributed by atoms with E-state index in [2.05, 4.69) is 5.32 Å². The van der Waals surface area contributed by atoms with Crippen molar-refractivity contribution in [3.05, 3.63) is 63.1 Å². The third-order valence-electron chi connectivity index (χ3n) is 7.12. The van der Waals surface area contributed by atoms with Gasteiger partial charge in [-0.15, -0.1) is 0 Å². The van der Waals surface area contributed by atoms with E-state index in [1.54, 1.807) is 11.9 Å². The molecule has 224 valence electrons. The number of nitrogens with zero attached hydrogens (tertiary/aromatic N) is 3. The lowest BCUT2D eigenvalue weighted by Gasteiger charge is -2.52. The van der Waals surface area contributed by atoms with Gasteiger partial charge in [0.1, 0.15) is 17.2 Å². The van der Waals surface area contributed by atoms with Gasteiger partial charge in [-0.2, -0.15) is 0 Å². The van der Waals surface area contributed by atoms with Gasteiger partial charge < -0.3 is 29.1 Å². The van der Waals surface area contributed by atoms with Gasteiger partial charge in [0.05, 0.1) is 32.6 Å². The molecule has 41 heavy (non-hydrogen) atoms. The lowest BCUT2D eigenvalue weighted by Crippen LogP contribution is -2.70. The molecule has 2 aromatic rings. The van der Waals surface area contributed by atoms with Crippen molar-refractivity contribution in [2.45, 2.75) is 38.9 Å². The van der Waals surface area contributed by atoms with Crippen molar-refractivity contribution in [3.63, 3.8) is 0 Å². The Bertz CT molecular complexity index is 1430. The lowest BCUT2D eigenvalue weighted by molar-refractivity contribution is 0.0306. The number of benzene rings is 1. The van der Waals surface area contributed by atoms with E-state index in [4.69, 9.17) is 13.8 Å². The maximum Gasteiger partial charge on any atom is 0.332 e. The molecule has 2 N–H and O–H groups in total. The highest BCUT2D eigenvalue weighted by molar-refractivity contribution is 7.53. The first kappa shape index (κ1) is 30.6. The fourth-order valence-corrected chi connectivity index (χ4v) is 6.56. The third kappa shape index (κ3) is 5.87. The second-order valence-corrected chi connectivity index (χ2v) is 11.9. The standard InChI is InChI=1S/C26H33F2N4O8P/c1-4-10-40-41(37,39-5-2)12-9-32-26(8-11-38-16-26)30(3)25(36)21-23(34)22(33)19(15-31(21)32)24(35)29-14-17-6-7-18(27)13-20(17)28/h6-7,13,15,34H,4-5,8-12,14,16H2,1-3H3,(H,29,35)/t26-,41?/m0/s1. The molecule has 1 aromatic carbocycles. The van der Waals surface area contributed by atoms with Crippen molar-refractivity contribution in [3.8, 4) is 5.75 Å². The van der Waals surface area contributed by atoms with Crippen LogP contribution in [-0.4, -0.2) is 78.3 Å². The molecular weight excluding hydrogens is 565 g/mol. The molecule has 1 unspecified atom stereocenters. The molecule has 1 spiro atoms. The van der Waals surface area contributed by atoms with Crippen molar-refractivity contribution >= 4 is 19.4 Å². The highest BCUT2D eigenvalue weighted by Crippen LogP contribution is 2.48. The van der Waals surface area contributed by atoms with Crippen LogP contribution in [0.1, 0.15) is 53.1 Å². The van der Waals surface area contributed by atoms with Crippen LogP contribution in [0.4, 0.5) is 8.78 Å². The van der Waals surface area contributed by atoms with Crippen molar-refractivity contribution in [1.82, 2.24) is 14.9 Å². The van der Waals surface area contributed by atoms with Crippen LogP contribution in [0.2, 0.25) is 0 Å². The zero-order valence-electron chi connectivity index (χ0n) is 23.0. The molecule has 12 nitrogen and oxygen atoms in total. The zero-order valence-corrected chi connectivity index (χ0v) is 23.9. The Morgan fingerprint density at radius 1 is 1.24 bits per heavy atom. The Kier molecular flexibility index (Phi) is 9.17. The van der Waals surface area contributed by atoms with Crippen LogP contribution in [0.5, 0.6) is 5.75 Å². The fraction of sp³-hybridized carbons (Fsp3) is 0.500. The van der Waals surface area contributed by atoms with Crippen LogP contribution < -0.4 is 15.8 Å². The van der Waals surface area contributed by atoms with Gasteiger partial charge in [-0.25, -0.2) is 8.78 Å². The van der Waals surface area contributed by atoms with Crippen molar-refractivity contribution in [2.24, 2.45) is 0 Å². The number of hydrogen-bond acceptors (Lipinski definition) is 9. The van der Waals surface area contributed by atoms with E-state index in [1.807, 2.05) is 6.92 Å². The molecule has 2 atom stereocenters. The van der Waals surface area contributed by atoms with Gasteiger partial charge in [0.25, 0.3) is 11.8 Å². The van der Waals surface area contributed by atoms with E-state index in [0.29, 0.717) is 25.5 Å². The maximum absolute atomic E-state index is 14.1. The van der Waals surface area contributed by atoms with E-state index in [1.165, 1.54) is 16.6 Å². The Morgan fingerprint density at radius 3 is 2.63 bits per heavy atom. The van der Waals surface area contributed by atoms with Gasteiger partial charge in [0.15, 0.2) is 17.1 Å². The number of rotatable bonds is 11. The van der Waals surface area contributed by atoms with Crippen molar-refractivity contribution < 1.29 is 41.8 Å². The van der Waals surface area contributed by atoms with Crippen LogP contribution in [0.3, 0.4) is 0 Å². The first-order valence-corrected chi connectivity index (χ1v) is 14.9. The van der Waals surface area contributed by atoms with Crippen molar-refractivity contribution in [1.29, 1.82) is 0 Å². The Hall–Kier alpha value is -3.32. The molecule has 1 aromatic heterocycles. The Balaban J connectivity index is 1.74. The molecule has 3 heterocycles. The summed E-state index contributed by atoms with van der Waals surface area (Å²) >= 11 is 0. The number of hydrogen-bond donors (Lipinski definition) is 2. The monoisotopic (exact) mass is 598 g/mol. The van der Waals surface area contributed by atoms with Gasteiger partial charge in [0, 0.05) is 44.4 Å². The number of pyridine rings is 1. The first-order chi connectivity index (χ1) is 19.5. The number of likely N-dealkylation sites (N-methyl/N-ethyl adjacent to an activating group) is 1. The van der Waals surface area contributed by atoms with Crippen molar-refractivity contribution in [2.75, 3.05) is 51.2 Å². The molecule has 0 radical (unpaired) electrons. The van der Waals surface area contributed by atoms with E-state index >= 15 is 0 Å². The SMILES string of the molecule is CCCOP(=O)(CCN1n2cc(C(=O)NCc3ccc(F)cc3F)c(=O)c(O)c2C(=O)N(C)[C@@]12CCOC2)OCC. The van der Waals surface area contributed by atoms with E-state index < -0.39 is 59.1 Å². The molecule has 0 aliphatic carbocycles. The van der Waals surface area contributed by atoms with Gasteiger partial charge in [0.2, 0.25) is 5.43 Å². The van der Waals surface area contributed by atoms with E-state index in [9.17, 15) is 32.8 Å². The quantitative estimate of drug-likeness (QED) is 0.374. The van der Waals surface area contributed by atoms with Crippen LogP contribution in [0.25, 0.3) is 0 Å². The second-order valence-electron chi connectivity index (χ2n) is 9.69. The van der Waals surface area contributed by atoms with Gasteiger partial charge in [-0.3, -0.25) is 28.6 Å². The summed E-state index contributed by atoms with van der Waals surface area (Å²) in [5, 5.41) is 14.9. The predicted molar refractivity (Wildman–Crippen MR) is 144 cm³/mol. The number of aromatic nitrogens is 1. The molecule has 2 aliphatic rings. The molecule has 2 aliphatic heterocycles. The van der Waals surface area contributed by atoms with Gasteiger partial charge in [-0.05, 0) is 19.4 Å². The summed E-state index contributed by atoms with van der Waals surface area (Å²) in [5.41, 5.74) is -3.16. The maximum atomic E-state index is 14.1. The highest BCUT2D eigenvalue weighted by atomic mass is 31.2. The molecule has 2 amide bonds. The second kappa shape index (κ2) is 12.3. The lowest BCUT2D eigenvalue weighted by atomic mass is 10.0. The average Bonchev–Trinajstić information content (AvgIpc) is 3.42. The van der Waals surface area contributed by atoms with Gasteiger partial charge in [-0.1, -0.05) is 13.0 Å². The van der Waals surface area contributed by atoms with E-state index in [0.717, 1.165) is 18.3 Å². The number of nitrogens with one attached hydrogen (secondary N) is 1. The highest BCUT2D eigenvalue weighted by Gasteiger charge is 2.52. The van der Waals surface area contributed by atoms with Crippen LogP contribution >= 0.6 is 7.60 Å². The number of aromatic hydroxyl groups is 1. The summed E-state index contributed by atoms with van der Waals surface area (Å²) < 4.78 is 58.6. The number of carbonyl (C=O) groups excluding carboxylic acids is 2. The number of carbonyl (C=O) groups is 2. The summed E-state index contributed by atoms with van der Waals surface area (Å²) in [7, 11) is -2.07. The molecule has 0 bridgehead atoms. The summed E-state index contributed by atoms with van der Waals surface area (Å²) in [4.78, 5) is 40.9. The summed E-state index contributed by atoms with van der Waals surface area (Å²) in [6.45, 7) is 3.83. The number of halogens is 2.